The van der Waals surface area contributed by atoms with Crippen LogP contribution in [-0.2, 0) is 16.0 Å². The lowest BCUT2D eigenvalue weighted by Gasteiger charge is -2.06. The number of hydrogen-bond donors (Lipinski definition) is 1. The van der Waals surface area contributed by atoms with Crippen molar-refractivity contribution in [3.05, 3.63) is 29.3 Å². The van der Waals surface area contributed by atoms with Crippen LogP contribution in [0.5, 0.6) is 5.75 Å². The van der Waals surface area contributed by atoms with Crippen molar-refractivity contribution in [3.8, 4) is 5.75 Å². The van der Waals surface area contributed by atoms with E-state index in [1.807, 2.05) is 0 Å². The molecule has 1 aromatic rings. The van der Waals surface area contributed by atoms with Gasteiger partial charge in [-0.25, -0.2) is 8.78 Å². The Morgan fingerprint density at radius 3 is 2.73 bits per heavy atom. The quantitative estimate of drug-likeness (QED) is 0.786. The average Bonchev–Trinajstić information content (AvgIpc) is 2.20. The molecule has 0 aliphatic carbocycles. The lowest BCUT2D eigenvalue weighted by molar-refractivity contribution is -0.139. The highest BCUT2D eigenvalue weighted by Gasteiger charge is 2.14. The molecule has 3 nitrogen and oxygen atoms in total. The van der Waals surface area contributed by atoms with Gasteiger partial charge in [-0.05, 0) is 17.7 Å². The van der Waals surface area contributed by atoms with Crippen molar-refractivity contribution in [2.24, 2.45) is 0 Å². The summed E-state index contributed by atoms with van der Waals surface area (Å²) in [6.45, 7) is 0. The van der Waals surface area contributed by atoms with E-state index in [4.69, 9.17) is 5.11 Å². The van der Waals surface area contributed by atoms with E-state index < -0.39 is 23.7 Å². The monoisotopic (exact) mass is 216 g/mol. The molecule has 1 aromatic carbocycles. The molecule has 0 atom stereocenters. The Labute approximate surface area is 85.3 Å². The topological polar surface area (TPSA) is 46.5 Å². The van der Waals surface area contributed by atoms with E-state index in [2.05, 4.69) is 4.74 Å². The molecule has 0 unspecified atom stereocenters. The fraction of sp³-hybridized carbons (Fsp3) is 0.300. The number of benzene rings is 1. The van der Waals surface area contributed by atoms with E-state index in [9.17, 15) is 13.6 Å². The third-order valence-electron chi connectivity index (χ3n) is 1.90. The number of rotatable bonds is 3. The van der Waals surface area contributed by atoms with E-state index in [0.29, 0.717) is 5.56 Å². The molecular formula is C10H10F2O3. The summed E-state index contributed by atoms with van der Waals surface area (Å²) in [5.74, 6) is -0.987. The zero-order valence-electron chi connectivity index (χ0n) is 8.04. The highest BCUT2D eigenvalue weighted by molar-refractivity contribution is 5.72. The molecule has 1 rings (SSSR count). The summed E-state index contributed by atoms with van der Waals surface area (Å²) in [5, 5.41) is 9.10. The second-order valence-corrected chi connectivity index (χ2v) is 2.95. The van der Waals surface area contributed by atoms with Gasteiger partial charge in [-0.1, -0.05) is 6.07 Å². The van der Waals surface area contributed by atoms with Crippen LogP contribution in [0.25, 0.3) is 0 Å². The SMILES string of the molecule is COC(=O)Cc1ccc(O)c(C(F)F)c1. The molecule has 5 heteroatoms. The first kappa shape index (κ1) is 11.4. The van der Waals surface area contributed by atoms with Gasteiger partial charge in [-0.15, -0.1) is 0 Å². The summed E-state index contributed by atoms with van der Waals surface area (Å²) in [4.78, 5) is 10.9. The minimum Gasteiger partial charge on any atom is -0.507 e. The van der Waals surface area contributed by atoms with Gasteiger partial charge < -0.3 is 9.84 Å². The molecule has 15 heavy (non-hydrogen) atoms. The number of ether oxygens (including phenoxy) is 1. The Morgan fingerprint density at radius 1 is 1.53 bits per heavy atom. The predicted molar refractivity (Wildman–Crippen MR) is 48.8 cm³/mol. The standard InChI is InChI=1S/C10H10F2O3/c1-15-9(14)5-6-2-3-8(13)7(4-6)10(11)12/h2-4,10,13H,5H2,1H3. The van der Waals surface area contributed by atoms with Crippen LogP contribution >= 0.6 is 0 Å². The molecule has 0 aliphatic heterocycles. The van der Waals surface area contributed by atoms with Gasteiger partial charge in [0.1, 0.15) is 5.75 Å². The molecule has 0 spiro atoms. The van der Waals surface area contributed by atoms with Gasteiger partial charge in [0.2, 0.25) is 0 Å². The number of aromatic hydroxyl groups is 1. The van der Waals surface area contributed by atoms with Crippen LogP contribution in [0, 0.1) is 0 Å². The Morgan fingerprint density at radius 2 is 2.20 bits per heavy atom. The summed E-state index contributed by atoms with van der Waals surface area (Å²) >= 11 is 0. The minimum absolute atomic E-state index is 0.0868. The Bertz CT molecular complexity index is 364. The molecule has 0 saturated heterocycles. The molecule has 0 aliphatic rings. The van der Waals surface area contributed by atoms with E-state index in [-0.39, 0.29) is 6.42 Å². The number of alkyl halides is 2. The van der Waals surface area contributed by atoms with Crippen LogP contribution in [0.2, 0.25) is 0 Å². The second kappa shape index (κ2) is 4.72. The van der Waals surface area contributed by atoms with Gasteiger partial charge in [0.05, 0.1) is 19.1 Å². The van der Waals surface area contributed by atoms with Crippen LogP contribution in [-0.4, -0.2) is 18.2 Å². The van der Waals surface area contributed by atoms with Gasteiger partial charge in [0, 0.05) is 0 Å². The third kappa shape index (κ3) is 2.90. The smallest absolute Gasteiger partial charge is 0.309 e. The summed E-state index contributed by atoms with van der Waals surface area (Å²) in [7, 11) is 1.22. The number of carbonyl (C=O) groups excluding carboxylic acids is 1. The Kier molecular flexibility index (Phi) is 3.60. The van der Waals surface area contributed by atoms with Crippen molar-refractivity contribution in [2.75, 3.05) is 7.11 Å². The maximum absolute atomic E-state index is 12.4. The predicted octanol–water partition coefficient (Wildman–Crippen LogP) is 2.05. The summed E-state index contributed by atoms with van der Waals surface area (Å²) in [5.41, 5.74) is -0.0913. The van der Waals surface area contributed by atoms with E-state index in [0.717, 1.165) is 12.1 Å². The zero-order valence-corrected chi connectivity index (χ0v) is 8.04. The number of halogens is 2. The van der Waals surface area contributed by atoms with Crippen molar-refractivity contribution in [3.63, 3.8) is 0 Å². The van der Waals surface area contributed by atoms with E-state index in [1.54, 1.807) is 0 Å². The highest BCUT2D eigenvalue weighted by atomic mass is 19.3. The molecular weight excluding hydrogens is 206 g/mol. The van der Waals surface area contributed by atoms with Crippen LogP contribution in [0.3, 0.4) is 0 Å². The van der Waals surface area contributed by atoms with Gasteiger partial charge >= 0.3 is 5.97 Å². The van der Waals surface area contributed by atoms with Crippen LogP contribution in [0.1, 0.15) is 17.6 Å². The average molecular weight is 216 g/mol. The lowest BCUT2D eigenvalue weighted by Crippen LogP contribution is -2.04. The maximum Gasteiger partial charge on any atom is 0.309 e. The number of methoxy groups -OCH3 is 1. The molecule has 0 aromatic heterocycles. The maximum atomic E-state index is 12.4. The summed E-state index contributed by atoms with van der Waals surface area (Å²) in [6.07, 6.45) is -2.85. The number of phenols is 1. The van der Waals surface area contributed by atoms with Crippen molar-refractivity contribution < 1.29 is 23.4 Å². The van der Waals surface area contributed by atoms with Crippen LogP contribution < -0.4 is 0 Å². The third-order valence-corrected chi connectivity index (χ3v) is 1.90. The first-order valence-electron chi connectivity index (χ1n) is 4.21. The van der Waals surface area contributed by atoms with Crippen LogP contribution in [0.4, 0.5) is 8.78 Å². The molecule has 0 amide bonds. The molecule has 1 N–H and O–H groups in total. The normalized spacial score (nSPS) is 10.4. The number of carbonyl (C=O) groups is 1. The first-order valence-corrected chi connectivity index (χ1v) is 4.21. The Hall–Kier alpha value is -1.65. The molecule has 0 fully saturated rings. The zero-order chi connectivity index (χ0) is 11.4. The fourth-order valence-corrected chi connectivity index (χ4v) is 1.13. The van der Waals surface area contributed by atoms with Crippen LogP contribution in [0.15, 0.2) is 18.2 Å². The van der Waals surface area contributed by atoms with Crippen molar-refractivity contribution in [1.82, 2.24) is 0 Å². The van der Waals surface area contributed by atoms with Gasteiger partial charge in [-0.3, -0.25) is 4.79 Å². The second-order valence-electron chi connectivity index (χ2n) is 2.95. The number of esters is 1. The largest absolute Gasteiger partial charge is 0.507 e. The van der Waals surface area contributed by atoms with Crippen molar-refractivity contribution in [2.45, 2.75) is 12.8 Å². The summed E-state index contributed by atoms with van der Waals surface area (Å²) in [6, 6.07) is 3.63. The molecule has 82 valence electrons. The van der Waals surface area contributed by atoms with E-state index >= 15 is 0 Å². The van der Waals surface area contributed by atoms with Gasteiger partial charge in [0.15, 0.2) is 0 Å². The first-order chi connectivity index (χ1) is 7.04. The molecule has 0 bridgehead atoms. The molecule has 0 heterocycles. The highest BCUT2D eigenvalue weighted by Crippen LogP contribution is 2.28. The lowest BCUT2D eigenvalue weighted by atomic mass is 10.1. The van der Waals surface area contributed by atoms with Crippen molar-refractivity contribution >= 4 is 5.97 Å². The van der Waals surface area contributed by atoms with Crippen molar-refractivity contribution in [1.29, 1.82) is 0 Å². The molecule has 0 radical (unpaired) electrons. The molecule has 0 saturated carbocycles. The minimum atomic E-state index is -2.76. The fourth-order valence-electron chi connectivity index (χ4n) is 1.13. The van der Waals surface area contributed by atoms with E-state index in [1.165, 1.54) is 13.2 Å². The number of hydrogen-bond acceptors (Lipinski definition) is 3. The van der Waals surface area contributed by atoms with Gasteiger partial charge in [-0.2, -0.15) is 0 Å². The van der Waals surface area contributed by atoms with Gasteiger partial charge in [0.25, 0.3) is 6.43 Å². The summed E-state index contributed by atoms with van der Waals surface area (Å²) < 4.78 is 29.1. The number of phenolic OH excluding ortho intramolecular Hbond substituents is 1. The Balaban J connectivity index is 2.92.